The van der Waals surface area contributed by atoms with Crippen molar-refractivity contribution in [3.8, 4) is 5.75 Å². The molecule has 4 heteroatoms. The minimum Gasteiger partial charge on any atom is -0.508 e. The molecule has 0 saturated heterocycles. The Bertz CT molecular complexity index is 564. The summed E-state index contributed by atoms with van der Waals surface area (Å²) >= 11 is 6.08. The molecule has 3 rings (SSSR count). The molecule has 0 amide bonds. The van der Waals surface area contributed by atoms with E-state index >= 15 is 0 Å². The monoisotopic (exact) mass is 307 g/mol. The number of rotatable bonds is 3. The van der Waals surface area contributed by atoms with E-state index in [0.717, 1.165) is 31.4 Å². The Kier molecular flexibility index (Phi) is 3.76. The molecule has 1 aromatic carbocycles. The van der Waals surface area contributed by atoms with E-state index in [4.69, 9.17) is 11.6 Å². The fraction of sp³-hybridized carbons (Fsp3) is 0.529. The summed E-state index contributed by atoms with van der Waals surface area (Å²) in [5.74, 6) is 0.676. The molecule has 0 spiro atoms. The van der Waals surface area contributed by atoms with Crippen LogP contribution in [0.15, 0.2) is 29.8 Å². The van der Waals surface area contributed by atoms with Crippen LogP contribution in [0.1, 0.15) is 24.8 Å². The van der Waals surface area contributed by atoms with Crippen LogP contribution < -0.4 is 0 Å². The summed E-state index contributed by atoms with van der Waals surface area (Å²) in [4.78, 5) is 2.11. The van der Waals surface area contributed by atoms with E-state index < -0.39 is 5.60 Å². The van der Waals surface area contributed by atoms with Crippen LogP contribution in [0.4, 0.5) is 0 Å². The molecule has 0 heterocycles. The molecule has 0 radical (unpaired) electrons. The zero-order valence-electron chi connectivity index (χ0n) is 12.5. The molecule has 2 bridgehead atoms. The highest BCUT2D eigenvalue weighted by Gasteiger charge is 2.48. The molecule has 2 aliphatic carbocycles. The normalized spacial score (nSPS) is 31.6. The Morgan fingerprint density at radius 2 is 2.10 bits per heavy atom. The maximum Gasteiger partial charge on any atom is 0.117 e. The van der Waals surface area contributed by atoms with E-state index in [1.807, 2.05) is 14.1 Å². The van der Waals surface area contributed by atoms with Crippen molar-refractivity contribution in [3.05, 3.63) is 40.4 Å². The van der Waals surface area contributed by atoms with Gasteiger partial charge in [0, 0.05) is 17.5 Å². The van der Waals surface area contributed by atoms with E-state index in [0.29, 0.717) is 10.9 Å². The molecule has 1 fully saturated rings. The summed E-state index contributed by atoms with van der Waals surface area (Å²) in [6.45, 7) is 0.794. The predicted molar refractivity (Wildman–Crippen MR) is 84.5 cm³/mol. The second-order valence-corrected chi connectivity index (χ2v) is 7.16. The molecule has 21 heavy (non-hydrogen) atoms. The Hall–Kier alpha value is -1.03. The summed E-state index contributed by atoms with van der Waals surface area (Å²) in [5, 5.41) is 21.7. The van der Waals surface area contributed by atoms with Gasteiger partial charge in [-0.3, -0.25) is 0 Å². The molecule has 1 aromatic rings. The SMILES string of the molecule is CN(C)CC1C2=CCC(C2)CC1(O)c1cc(O)cc(Cl)c1. The smallest absolute Gasteiger partial charge is 0.117 e. The summed E-state index contributed by atoms with van der Waals surface area (Å²) in [6.07, 6.45) is 5.16. The van der Waals surface area contributed by atoms with Crippen molar-refractivity contribution < 1.29 is 10.2 Å². The van der Waals surface area contributed by atoms with Crippen LogP contribution in [0.25, 0.3) is 0 Å². The van der Waals surface area contributed by atoms with Gasteiger partial charge in [-0.2, -0.15) is 0 Å². The lowest BCUT2D eigenvalue weighted by molar-refractivity contribution is -0.0507. The molecule has 2 N–H and O–H groups in total. The Balaban J connectivity index is 2.05. The van der Waals surface area contributed by atoms with E-state index in [-0.39, 0.29) is 11.7 Å². The number of fused-ring (bicyclic) bond motifs is 2. The highest BCUT2D eigenvalue weighted by atomic mass is 35.5. The second-order valence-electron chi connectivity index (χ2n) is 6.73. The van der Waals surface area contributed by atoms with Crippen molar-refractivity contribution >= 4 is 11.6 Å². The molecule has 3 atom stereocenters. The maximum atomic E-state index is 11.4. The van der Waals surface area contributed by atoms with Crippen LogP contribution in [0.3, 0.4) is 0 Å². The van der Waals surface area contributed by atoms with Crippen LogP contribution in [0, 0.1) is 11.8 Å². The first-order chi connectivity index (χ1) is 9.88. The lowest BCUT2D eigenvalue weighted by atomic mass is 9.67. The Morgan fingerprint density at radius 3 is 2.76 bits per heavy atom. The minimum absolute atomic E-state index is 0.0594. The molecule has 114 valence electrons. The molecular weight excluding hydrogens is 286 g/mol. The summed E-state index contributed by atoms with van der Waals surface area (Å²) in [5.41, 5.74) is 1.14. The van der Waals surface area contributed by atoms with Gasteiger partial charge in [0.05, 0.1) is 5.60 Å². The first kappa shape index (κ1) is 14.9. The molecule has 3 unspecified atom stereocenters. The topological polar surface area (TPSA) is 43.7 Å². The molecule has 0 aliphatic heterocycles. The van der Waals surface area contributed by atoms with Crippen molar-refractivity contribution in [2.75, 3.05) is 20.6 Å². The van der Waals surface area contributed by atoms with Crippen LogP contribution >= 0.6 is 11.6 Å². The first-order valence-electron chi connectivity index (χ1n) is 7.44. The third-order valence-electron chi connectivity index (χ3n) is 4.79. The number of aromatic hydroxyl groups is 1. The molecule has 2 aliphatic rings. The Morgan fingerprint density at radius 1 is 1.33 bits per heavy atom. The largest absolute Gasteiger partial charge is 0.508 e. The number of phenolic OH excluding ortho intramolecular Hbond substituents is 1. The van der Waals surface area contributed by atoms with Gasteiger partial charge in [-0.1, -0.05) is 23.3 Å². The summed E-state index contributed by atoms with van der Waals surface area (Å²) in [6, 6.07) is 4.95. The average molecular weight is 308 g/mol. The van der Waals surface area contributed by atoms with Gasteiger partial charge in [-0.05, 0) is 63.0 Å². The number of hydrogen-bond acceptors (Lipinski definition) is 3. The van der Waals surface area contributed by atoms with Gasteiger partial charge < -0.3 is 15.1 Å². The lowest BCUT2D eigenvalue weighted by Crippen LogP contribution is -2.45. The summed E-state index contributed by atoms with van der Waals surface area (Å²) < 4.78 is 0. The number of halogens is 1. The number of nitrogens with zero attached hydrogens (tertiary/aromatic N) is 1. The van der Waals surface area contributed by atoms with Gasteiger partial charge in [0.1, 0.15) is 5.75 Å². The highest BCUT2D eigenvalue weighted by molar-refractivity contribution is 6.30. The summed E-state index contributed by atoms with van der Waals surface area (Å²) in [7, 11) is 4.05. The van der Waals surface area contributed by atoms with Gasteiger partial charge in [0.25, 0.3) is 0 Å². The van der Waals surface area contributed by atoms with Gasteiger partial charge >= 0.3 is 0 Å². The van der Waals surface area contributed by atoms with Crippen molar-refractivity contribution in [1.29, 1.82) is 0 Å². The average Bonchev–Trinajstić information content (AvgIpc) is 2.77. The number of phenols is 1. The number of allylic oxidation sites excluding steroid dienone is 1. The second kappa shape index (κ2) is 5.31. The van der Waals surface area contributed by atoms with Crippen molar-refractivity contribution in [2.45, 2.75) is 24.9 Å². The maximum absolute atomic E-state index is 11.4. The van der Waals surface area contributed by atoms with E-state index in [1.165, 1.54) is 11.6 Å². The van der Waals surface area contributed by atoms with E-state index in [9.17, 15) is 10.2 Å². The standard InChI is InChI=1S/C17H22ClNO2/c1-19(2)10-16-12-4-3-11(5-12)9-17(16,21)13-6-14(18)8-15(20)7-13/h4,6-8,11,16,20-21H,3,5,9-10H2,1-2H3. The Labute approximate surface area is 130 Å². The molecule has 1 saturated carbocycles. The van der Waals surface area contributed by atoms with Crippen LogP contribution in [-0.4, -0.2) is 35.8 Å². The number of benzene rings is 1. The van der Waals surface area contributed by atoms with Gasteiger partial charge in [0.15, 0.2) is 0 Å². The van der Waals surface area contributed by atoms with Gasteiger partial charge in [0.2, 0.25) is 0 Å². The zero-order chi connectivity index (χ0) is 15.2. The van der Waals surface area contributed by atoms with Crippen LogP contribution in [0.5, 0.6) is 5.75 Å². The quantitative estimate of drug-likeness (QED) is 0.843. The third kappa shape index (κ3) is 2.70. The lowest BCUT2D eigenvalue weighted by Gasteiger charge is -2.44. The van der Waals surface area contributed by atoms with Crippen LogP contribution in [-0.2, 0) is 5.60 Å². The zero-order valence-corrected chi connectivity index (χ0v) is 13.3. The third-order valence-corrected chi connectivity index (χ3v) is 5.01. The molecule has 0 aromatic heterocycles. The fourth-order valence-electron chi connectivity index (χ4n) is 3.92. The van der Waals surface area contributed by atoms with Crippen LogP contribution in [0.2, 0.25) is 5.02 Å². The van der Waals surface area contributed by atoms with E-state index in [2.05, 4.69) is 11.0 Å². The fourth-order valence-corrected chi connectivity index (χ4v) is 4.15. The van der Waals surface area contributed by atoms with Gasteiger partial charge in [-0.15, -0.1) is 0 Å². The molecule has 3 nitrogen and oxygen atoms in total. The predicted octanol–water partition coefficient (Wildman–Crippen LogP) is 3.15. The number of hydrogen-bond donors (Lipinski definition) is 2. The minimum atomic E-state index is -0.947. The van der Waals surface area contributed by atoms with Crippen molar-refractivity contribution in [2.24, 2.45) is 11.8 Å². The molecular formula is C17H22ClNO2. The highest BCUT2D eigenvalue weighted by Crippen LogP contribution is 2.52. The first-order valence-corrected chi connectivity index (χ1v) is 7.82. The van der Waals surface area contributed by atoms with Gasteiger partial charge in [-0.25, -0.2) is 0 Å². The van der Waals surface area contributed by atoms with E-state index in [1.54, 1.807) is 12.1 Å². The van der Waals surface area contributed by atoms with Crippen molar-refractivity contribution in [1.82, 2.24) is 4.90 Å². The number of aliphatic hydroxyl groups is 1. The van der Waals surface area contributed by atoms with Crippen molar-refractivity contribution in [3.63, 3.8) is 0 Å².